The first-order valence-electron chi connectivity index (χ1n) is 40.7. The lowest BCUT2D eigenvalue weighted by Crippen LogP contribution is -2.49. The molecule has 0 amide bonds. The third-order valence-electron chi connectivity index (χ3n) is 21.8. The van der Waals surface area contributed by atoms with Gasteiger partial charge in [0, 0.05) is 7.11 Å². The van der Waals surface area contributed by atoms with Gasteiger partial charge in [-0.3, -0.25) is 0 Å². The van der Waals surface area contributed by atoms with E-state index in [9.17, 15) is 20.4 Å². The maximum absolute atomic E-state index is 12.5. The van der Waals surface area contributed by atoms with Gasteiger partial charge in [-0.2, -0.15) is 0 Å². The highest BCUT2D eigenvalue weighted by Crippen LogP contribution is 2.41. The second-order valence-corrected chi connectivity index (χ2v) is 30.1. The van der Waals surface area contributed by atoms with E-state index >= 15 is 0 Å². The lowest BCUT2D eigenvalue weighted by atomic mass is 10.1. The van der Waals surface area contributed by atoms with Crippen molar-refractivity contribution in [2.75, 3.05) is 46.8 Å². The third kappa shape index (κ3) is 23.2. The Labute approximate surface area is 693 Å². The monoisotopic (exact) mass is 1630 g/mol. The number of benzene rings is 9. The Hall–Kier alpha value is -8.02. The van der Waals surface area contributed by atoms with Gasteiger partial charge in [-0.25, -0.2) is 0 Å². The lowest BCUT2D eigenvalue weighted by molar-refractivity contribution is -0.273. The molecule has 9 aromatic rings. The highest BCUT2D eigenvalue weighted by molar-refractivity contribution is 5.21. The zero-order chi connectivity index (χ0) is 81.3. The van der Waals surface area contributed by atoms with Gasteiger partial charge in [0.2, 0.25) is 0 Å². The third-order valence-corrected chi connectivity index (χ3v) is 21.8. The maximum Gasteiger partial charge on any atom is 0.187 e. The van der Waals surface area contributed by atoms with Crippen molar-refractivity contribution in [2.24, 2.45) is 0 Å². The first-order chi connectivity index (χ1) is 58.7. The molecule has 0 radical (unpaired) electrons. The highest BCUT2D eigenvalue weighted by Gasteiger charge is 2.59. The molecule has 0 unspecified atom stereocenters. The molecular weight excluding hydrogens is 1530 g/mol. The Morgan fingerprint density at radius 3 is 0.765 bits per heavy atom. The predicted octanol–water partition coefficient (Wildman–Crippen LogP) is 10.4. The van der Waals surface area contributed by atoms with E-state index in [2.05, 4.69) is 0 Å². The van der Waals surface area contributed by atoms with Crippen molar-refractivity contribution in [1.82, 2.24) is 0 Å². The quantitative estimate of drug-likeness (QED) is 0.0276. The van der Waals surface area contributed by atoms with E-state index in [1.807, 2.05) is 273 Å². The van der Waals surface area contributed by atoms with E-state index in [0.717, 1.165) is 50.1 Å². The van der Waals surface area contributed by atoms with Crippen LogP contribution in [0.2, 0.25) is 0 Å². The van der Waals surface area contributed by atoms with Crippen LogP contribution in [0.15, 0.2) is 273 Å². The van der Waals surface area contributed by atoms with E-state index in [4.69, 9.17) is 99.5 Å². The van der Waals surface area contributed by atoms with Crippen LogP contribution >= 0.6 is 0 Å². The van der Waals surface area contributed by atoms with Crippen molar-refractivity contribution in [2.45, 2.75) is 207 Å². The minimum atomic E-state index is -1.47. The first kappa shape index (κ1) is 85.9. The highest BCUT2D eigenvalue weighted by atomic mass is 16.8. The van der Waals surface area contributed by atoms with Crippen LogP contribution in [-0.2, 0) is 159 Å². The van der Waals surface area contributed by atoms with Crippen LogP contribution in [-0.4, -0.2) is 215 Å². The van der Waals surface area contributed by atoms with Crippen LogP contribution in [0.3, 0.4) is 0 Å². The van der Waals surface area contributed by atoms with Gasteiger partial charge < -0.3 is 120 Å². The number of aliphatic hydroxyl groups is 4. The molecule has 6 aliphatic heterocycles. The molecule has 15 rings (SSSR count). The molecule has 0 aliphatic carbocycles. The molecule has 6 fully saturated rings. The fourth-order valence-electron chi connectivity index (χ4n) is 15.6. The van der Waals surface area contributed by atoms with Gasteiger partial charge in [-0.1, -0.05) is 273 Å². The topological polar surface area (TPSA) is 275 Å². The van der Waals surface area contributed by atoms with E-state index in [1.165, 1.54) is 0 Å². The molecule has 4 N–H and O–H groups in total. The van der Waals surface area contributed by atoms with Gasteiger partial charge in [0.25, 0.3) is 0 Å². The van der Waals surface area contributed by atoms with Gasteiger partial charge in [0.15, 0.2) is 37.7 Å². The molecule has 6 saturated heterocycles. The van der Waals surface area contributed by atoms with Crippen LogP contribution in [0, 0.1) is 0 Å². The summed E-state index contributed by atoms with van der Waals surface area (Å²) in [6, 6.07) is 86.9. The standard InChI is InChI=1S/C94H106O25/c1-99-91-85(107-56-69-43-25-9-26-44-69)81(104-53-66-37-19-6-20-38-66)75(113-91)60-109-92-86(108-57-70-45-27-10-28-46-70)84(117-94-88(119-90-78(98)80(72(48-96)112-90)103-52-65-35-17-5-18-36-65)83(106-55-68-41-23-8-24-42-68)74(116-94)59-101-50-63-31-13-3-14-32-63)76(115-92)61-110-93-87(118-89-77(97)79(71(47-95)111-89)102-51-64-33-15-4-16-34-64)82(105-54-67-39-21-7-22-40-67)73(114-93)58-100-49-62-29-11-2-12-30-62/h2-46,71-98H,47-61H2,1H3/t71-,72-,73-,74-,75-,76-,77+,78+,79-,80-,81-,82-,83-,84-,85+,86+,87+,88+,89+,90+,91+,92+,93+,94-/m1/s1. The molecule has 0 saturated carbocycles. The average molecular weight is 1640 g/mol. The number of aliphatic hydroxyl groups excluding tert-OH is 4. The van der Waals surface area contributed by atoms with Gasteiger partial charge in [-0.15, -0.1) is 0 Å². The number of rotatable bonds is 44. The summed E-state index contributed by atoms with van der Waals surface area (Å²) in [7, 11) is 1.55. The first-order valence-corrected chi connectivity index (χ1v) is 40.7. The fraction of sp³-hybridized carbons (Fsp3) is 0.426. The number of methoxy groups -OCH3 is 1. The molecule has 6 heterocycles. The van der Waals surface area contributed by atoms with Crippen molar-refractivity contribution in [3.63, 3.8) is 0 Å². The summed E-state index contributed by atoms with van der Waals surface area (Å²) in [5, 5.41) is 46.7. The van der Waals surface area contributed by atoms with E-state index in [-0.39, 0.29) is 85.9 Å². The molecular formula is C94H106O25. The summed E-state index contributed by atoms with van der Waals surface area (Å²) < 4.78 is 144. The fourth-order valence-corrected chi connectivity index (χ4v) is 15.6. The number of hydrogen-bond acceptors (Lipinski definition) is 25. The van der Waals surface area contributed by atoms with Gasteiger partial charge in [-0.05, 0) is 50.1 Å². The van der Waals surface area contributed by atoms with Crippen molar-refractivity contribution >= 4 is 0 Å². The molecule has 6 aliphatic rings. The van der Waals surface area contributed by atoms with Gasteiger partial charge >= 0.3 is 0 Å². The molecule has 25 nitrogen and oxygen atoms in total. The van der Waals surface area contributed by atoms with Gasteiger partial charge in [0.05, 0.1) is 99.1 Å². The second kappa shape index (κ2) is 44.2. The van der Waals surface area contributed by atoms with Crippen LogP contribution < -0.4 is 0 Å². The molecule has 0 spiro atoms. The summed E-state index contributed by atoms with van der Waals surface area (Å²) in [6.45, 7) is -0.475. The summed E-state index contributed by atoms with van der Waals surface area (Å²) in [6.07, 6.45) is -27.4. The summed E-state index contributed by atoms with van der Waals surface area (Å²) in [5.41, 5.74) is 7.81. The Balaban J connectivity index is 0.795. The smallest absolute Gasteiger partial charge is 0.187 e. The van der Waals surface area contributed by atoms with Crippen molar-refractivity contribution in [3.8, 4) is 0 Å². The van der Waals surface area contributed by atoms with Crippen LogP contribution in [0.25, 0.3) is 0 Å². The molecule has 24 atom stereocenters. The van der Waals surface area contributed by atoms with E-state index in [1.54, 1.807) is 7.11 Å². The normalized spacial score (nSPS) is 30.5. The zero-order valence-electron chi connectivity index (χ0n) is 66.3. The number of ether oxygens (including phenoxy) is 21. The second-order valence-electron chi connectivity index (χ2n) is 30.1. The zero-order valence-corrected chi connectivity index (χ0v) is 66.3. The van der Waals surface area contributed by atoms with Crippen molar-refractivity contribution in [1.29, 1.82) is 0 Å². The Morgan fingerprint density at radius 1 is 0.218 bits per heavy atom. The van der Waals surface area contributed by atoms with Gasteiger partial charge in [0.1, 0.15) is 110 Å². The molecule has 25 heteroatoms. The molecule has 632 valence electrons. The maximum atomic E-state index is 12.5. The summed E-state index contributed by atoms with van der Waals surface area (Å²) in [4.78, 5) is 0. The Morgan fingerprint density at radius 2 is 0.445 bits per heavy atom. The lowest BCUT2D eigenvalue weighted by Gasteiger charge is -2.32. The summed E-state index contributed by atoms with van der Waals surface area (Å²) in [5.74, 6) is 0. The number of hydrogen-bond donors (Lipinski definition) is 4. The largest absolute Gasteiger partial charge is 0.394 e. The van der Waals surface area contributed by atoms with Crippen LogP contribution in [0.4, 0.5) is 0 Å². The Kier molecular flexibility index (Phi) is 31.9. The minimum Gasteiger partial charge on any atom is -0.394 e. The van der Waals surface area contributed by atoms with Crippen molar-refractivity contribution < 1.29 is 120 Å². The van der Waals surface area contributed by atoms with E-state index < -0.39 is 161 Å². The summed E-state index contributed by atoms with van der Waals surface area (Å²) >= 11 is 0. The van der Waals surface area contributed by atoms with Crippen molar-refractivity contribution in [3.05, 3.63) is 323 Å². The van der Waals surface area contributed by atoms with Crippen LogP contribution in [0.5, 0.6) is 0 Å². The SMILES string of the molecule is CO[C@H]1O[C@H](CO[C@H]2O[C@H](CO[C@H]3O[C@H](COCc4ccccc4)[C@@H](OCc4ccccc4)[C@@H]3O[C@@H]3O[C@H](CO)[C@@H](OCc4ccccc4)[C@@H]3O)[C@@H](O[C@H]3O[C@H](COCc4ccccc4)[C@@H](OCc4ccccc4)[C@@H]3O[C@@H]3O[C@H](CO)[C@@H](OCc4ccccc4)[C@@H]3O)[C@@H]2OCc2ccccc2)[C@@H](OCc2ccccc2)[C@@H]1OCc1ccccc1. The minimum absolute atomic E-state index is 0.00659. The predicted molar refractivity (Wildman–Crippen MR) is 429 cm³/mol. The molecule has 0 aromatic heterocycles. The molecule has 119 heavy (non-hydrogen) atoms. The Bertz CT molecular complexity index is 4320. The van der Waals surface area contributed by atoms with E-state index in [0.29, 0.717) is 0 Å². The molecule has 0 bridgehead atoms. The molecule has 9 aromatic carbocycles. The average Bonchev–Trinajstić information content (AvgIpc) is 1.63. The van der Waals surface area contributed by atoms with Crippen LogP contribution in [0.1, 0.15) is 50.1 Å².